The maximum absolute atomic E-state index is 14.0. The van der Waals surface area contributed by atoms with E-state index in [-0.39, 0.29) is 0 Å². The molecule has 0 saturated heterocycles. The van der Waals surface area contributed by atoms with Gasteiger partial charge < -0.3 is 5.32 Å². The fraction of sp³-hybridized carbons (Fsp3) is 0.333. The van der Waals surface area contributed by atoms with E-state index in [0.717, 1.165) is 16.7 Å². The number of benzene rings is 1. The molecule has 0 spiro atoms. The molecule has 0 aliphatic rings. The molecule has 0 unspecified atom stereocenters. The Kier molecular flexibility index (Phi) is 3.79. The van der Waals surface area contributed by atoms with Crippen molar-refractivity contribution in [3.63, 3.8) is 0 Å². The van der Waals surface area contributed by atoms with Crippen LogP contribution in [0.1, 0.15) is 23.6 Å². The van der Waals surface area contributed by atoms with Crippen LogP contribution in [0.15, 0.2) is 18.3 Å². The molecule has 2 aromatic rings. The monoisotopic (exact) mass is 259 g/mol. The van der Waals surface area contributed by atoms with E-state index in [2.05, 4.69) is 15.3 Å². The normalized spacial score (nSPS) is 10.6. The van der Waals surface area contributed by atoms with Gasteiger partial charge in [-0.1, -0.05) is 17.7 Å². The minimum absolute atomic E-state index is 0.362. The van der Waals surface area contributed by atoms with E-state index in [1.165, 1.54) is 11.8 Å². The van der Waals surface area contributed by atoms with E-state index >= 15 is 0 Å². The van der Waals surface area contributed by atoms with Gasteiger partial charge in [0.05, 0.1) is 6.20 Å². The molecule has 2 rings (SSSR count). The number of hydrogen-bond donors (Lipinski definition) is 1. The Labute approximate surface area is 112 Å². The molecule has 0 saturated carbocycles. The number of aryl methyl sites for hydroxylation is 3. The minimum atomic E-state index is -0.392. The highest BCUT2D eigenvalue weighted by molar-refractivity contribution is 5.69. The second kappa shape index (κ2) is 5.34. The van der Waals surface area contributed by atoms with E-state index in [4.69, 9.17) is 0 Å². The number of nitrogens with one attached hydrogen (secondary N) is 1. The Morgan fingerprint density at radius 3 is 2.37 bits per heavy atom. The molecule has 1 aromatic carbocycles. The predicted octanol–water partition coefficient (Wildman–Crippen LogP) is 3.64. The summed E-state index contributed by atoms with van der Waals surface area (Å²) in [7, 11) is 0. The van der Waals surface area contributed by atoms with Crippen LogP contribution in [0.2, 0.25) is 0 Å². The molecule has 1 N–H and O–H groups in total. The maximum Gasteiger partial charge on any atom is 0.223 e. The molecule has 4 heteroatoms. The molecule has 0 bridgehead atoms. The van der Waals surface area contributed by atoms with Gasteiger partial charge in [-0.3, -0.25) is 0 Å². The summed E-state index contributed by atoms with van der Waals surface area (Å²) < 4.78 is 14.0. The van der Waals surface area contributed by atoms with Crippen LogP contribution in [0.25, 0.3) is 11.3 Å². The SMILES string of the molecule is CCNc1ncc(F)c(-c2c(C)cc(C)cc2C)n1. The third-order valence-electron chi connectivity index (χ3n) is 2.99. The van der Waals surface area contributed by atoms with E-state index in [0.29, 0.717) is 18.2 Å². The highest BCUT2D eigenvalue weighted by atomic mass is 19.1. The van der Waals surface area contributed by atoms with Gasteiger partial charge in [0.25, 0.3) is 0 Å². The van der Waals surface area contributed by atoms with Crippen LogP contribution in [-0.4, -0.2) is 16.5 Å². The van der Waals surface area contributed by atoms with E-state index in [1.807, 2.05) is 39.8 Å². The Bertz CT molecular complexity index is 585. The highest BCUT2D eigenvalue weighted by Crippen LogP contribution is 2.29. The summed E-state index contributed by atoms with van der Waals surface area (Å²) in [6.45, 7) is 8.64. The molecular formula is C15H18FN3. The van der Waals surface area contributed by atoms with Crippen molar-refractivity contribution in [1.82, 2.24) is 9.97 Å². The van der Waals surface area contributed by atoms with Gasteiger partial charge in [0, 0.05) is 12.1 Å². The van der Waals surface area contributed by atoms with Crippen molar-refractivity contribution < 1.29 is 4.39 Å². The van der Waals surface area contributed by atoms with Crippen molar-refractivity contribution in [1.29, 1.82) is 0 Å². The summed E-state index contributed by atoms with van der Waals surface area (Å²) in [6.07, 6.45) is 1.22. The second-order valence-electron chi connectivity index (χ2n) is 4.69. The average molecular weight is 259 g/mol. The zero-order valence-corrected chi connectivity index (χ0v) is 11.7. The van der Waals surface area contributed by atoms with Gasteiger partial charge >= 0.3 is 0 Å². The van der Waals surface area contributed by atoms with Crippen LogP contribution < -0.4 is 5.32 Å². The van der Waals surface area contributed by atoms with Crippen LogP contribution in [-0.2, 0) is 0 Å². The molecule has 19 heavy (non-hydrogen) atoms. The van der Waals surface area contributed by atoms with Crippen LogP contribution >= 0.6 is 0 Å². The van der Waals surface area contributed by atoms with Gasteiger partial charge in [0.15, 0.2) is 5.82 Å². The Hall–Kier alpha value is -1.97. The summed E-state index contributed by atoms with van der Waals surface area (Å²) in [4.78, 5) is 8.22. The minimum Gasteiger partial charge on any atom is -0.354 e. The topological polar surface area (TPSA) is 37.8 Å². The molecule has 0 amide bonds. The van der Waals surface area contributed by atoms with E-state index in [9.17, 15) is 4.39 Å². The van der Waals surface area contributed by atoms with Crippen molar-refractivity contribution in [2.45, 2.75) is 27.7 Å². The zero-order valence-electron chi connectivity index (χ0n) is 11.7. The van der Waals surface area contributed by atoms with Gasteiger partial charge in [-0.15, -0.1) is 0 Å². The quantitative estimate of drug-likeness (QED) is 0.914. The van der Waals surface area contributed by atoms with Crippen molar-refractivity contribution in [2.75, 3.05) is 11.9 Å². The zero-order chi connectivity index (χ0) is 14.0. The molecule has 1 aromatic heterocycles. The molecule has 0 aliphatic heterocycles. The lowest BCUT2D eigenvalue weighted by Gasteiger charge is -2.12. The summed E-state index contributed by atoms with van der Waals surface area (Å²) in [6, 6.07) is 4.08. The molecule has 0 radical (unpaired) electrons. The van der Waals surface area contributed by atoms with Gasteiger partial charge in [-0.2, -0.15) is 0 Å². The van der Waals surface area contributed by atoms with Crippen LogP contribution in [0.3, 0.4) is 0 Å². The molecule has 1 heterocycles. The van der Waals surface area contributed by atoms with Gasteiger partial charge in [-0.05, 0) is 38.8 Å². The van der Waals surface area contributed by atoms with Crippen molar-refractivity contribution >= 4 is 5.95 Å². The largest absolute Gasteiger partial charge is 0.354 e. The summed E-state index contributed by atoms with van der Waals surface area (Å²) in [5.41, 5.74) is 4.43. The molecule has 0 atom stereocenters. The highest BCUT2D eigenvalue weighted by Gasteiger charge is 2.14. The average Bonchev–Trinajstić information content (AvgIpc) is 2.32. The van der Waals surface area contributed by atoms with Crippen molar-refractivity contribution in [3.05, 3.63) is 40.8 Å². The first-order chi connectivity index (χ1) is 9.02. The Morgan fingerprint density at radius 1 is 1.16 bits per heavy atom. The lowest BCUT2D eigenvalue weighted by Crippen LogP contribution is -2.05. The fourth-order valence-corrected chi connectivity index (χ4v) is 2.34. The number of anilines is 1. The number of hydrogen-bond acceptors (Lipinski definition) is 3. The number of aromatic nitrogens is 2. The summed E-state index contributed by atoms with van der Waals surface area (Å²) in [5, 5.41) is 3.01. The number of rotatable bonds is 3. The lowest BCUT2D eigenvalue weighted by atomic mass is 9.97. The first-order valence-electron chi connectivity index (χ1n) is 6.37. The van der Waals surface area contributed by atoms with E-state index < -0.39 is 5.82 Å². The smallest absolute Gasteiger partial charge is 0.223 e. The third-order valence-corrected chi connectivity index (χ3v) is 2.99. The molecule has 100 valence electrons. The standard InChI is InChI=1S/C15H18FN3/c1-5-17-15-18-8-12(16)14(19-15)13-10(3)6-9(2)7-11(13)4/h6-8H,5H2,1-4H3,(H,17,18,19). The molecular weight excluding hydrogens is 241 g/mol. The van der Waals surface area contributed by atoms with Gasteiger partial charge in [0.2, 0.25) is 5.95 Å². The lowest BCUT2D eigenvalue weighted by molar-refractivity contribution is 0.618. The van der Waals surface area contributed by atoms with Crippen LogP contribution in [0, 0.1) is 26.6 Å². The Balaban J connectivity index is 2.61. The maximum atomic E-state index is 14.0. The number of halogens is 1. The number of nitrogens with zero attached hydrogens (tertiary/aromatic N) is 2. The van der Waals surface area contributed by atoms with Gasteiger partial charge in [-0.25, -0.2) is 14.4 Å². The summed E-state index contributed by atoms with van der Waals surface area (Å²) in [5.74, 6) is 0.0648. The second-order valence-corrected chi connectivity index (χ2v) is 4.69. The van der Waals surface area contributed by atoms with Crippen molar-refractivity contribution in [2.24, 2.45) is 0 Å². The Morgan fingerprint density at radius 2 is 1.79 bits per heavy atom. The predicted molar refractivity (Wildman–Crippen MR) is 75.8 cm³/mol. The van der Waals surface area contributed by atoms with Crippen molar-refractivity contribution in [3.8, 4) is 11.3 Å². The third kappa shape index (κ3) is 2.72. The van der Waals surface area contributed by atoms with Gasteiger partial charge in [0.1, 0.15) is 5.69 Å². The van der Waals surface area contributed by atoms with Crippen LogP contribution in [0.4, 0.5) is 10.3 Å². The first-order valence-corrected chi connectivity index (χ1v) is 6.37. The first kappa shape index (κ1) is 13.5. The molecule has 3 nitrogen and oxygen atoms in total. The van der Waals surface area contributed by atoms with Crippen LogP contribution in [0.5, 0.6) is 0 Å². The molecule has 0 aliphatic carbocycles. The summed E-state index contributed by atoms with van der Waals surface area (Å²) >= 11 is 0. The fourth-order valence-electron chi connectivity index (χ4n) is 2.34. The van der Waals surface area contributed by atoms with E-state index in [1.54, 1.807) is 0 Å². The molecule has 0 fully saturated rings.